The molecule has 0 aromatic heterocycles. The zero-order valence-corrected chi connectivity index (χ0v) is 10.8. The minimum atomic E-state index is 0.160. The van der Waals surface area contributed by atoms with Crippen LogP contribution >= 0.6 is 0 Å². The molecular weight excluding hydrogens is 224 g/mol. The fourth-order valence-corrected chi connectivity index (χ4v) is 3.28. The van der Waals surface area contributed by atoms with Gasteiger partial charge in [0, 0.05) is 31.8 Å². The fraction of sp³-hybridized carbons (Fsp3) is 0.600. The van der Waals surface area contributed by atoms with Gasteiger partial charge >= 0.3 is 0 Å². The Labute approximate surface area is 109 Å². The van der Waals surface area contributed by atoms with Gasteiger partial charge < -0.3 is 10.5 Å². The Hall–Kier alpha value is -0.900. The van der Waals surface area contributed by atoms with E-state index in [9.17, 15) is 0 Å². The second-order valence-electron chi connectivity index (χ2n) is 5.33. The largest absolute Gasteiger partial charge is 0.380 e. The predicted molar refractivity (Wildman–Crippen MR) is 72.5 cm³/mol. The standard InChI is InChI=1S/C15H22N2O/c16-15-13-5-2-1-4-12(13)6-7-14(15)17-8-3-10-18-11-9-17/h1-2,4-5,14-15H,3,6-11,16H2. The summed E-state index contributed by atoms with van der Waals surface area (Å²) in [4.78, 5) is 2.54. The summed E-state index contributed by atoms with van der Waals surface area (Å²) in [6.07, 6.45) is 3.47. The average molecular weight is 246 g/mol. The summed E-state index contributed by atoms with van der Waals surface area (Å²) in [6.45, 7) is 3.90. The van der Waals surface area contributed by atoms with E-state index in [-0.39, 0.29) is 6.04 Å². The maximum Gasteiger partial charge on any atom is 0.0593 e. The SMILES string of the molecule is NC1c2ccccc2CCC1N1CCCOCC1. The quantitative estimate of drug-likeness (QED) is 0.820. The van der Waals surface area contributed by atoms with E-state index < -0.39 is 0 Å². The van der Waals surface area contributed by atoms with Crippen LogP contribution in [0.5, 0.6) is 0 Å². The molecule has 1 aromatic rings. The van der Waals surface area contributed by atoms with Gasteiger partial charge in [0.25, 0.3) is 0 Å². The van der Waals surface area contributed by atoms with Gasteiger partial charge in [-0.15, -0.1) is 0 Å². The third-order valence-corrected chi connectivity index (χ3v) is 4.26. The molecule has 1 heterocycles. The van der Waals surface area contributed by atoms with Gasteiger partial charge in [-0.25, -0.2) is 0 Å². The normalized spacial score (nSPS) is 29.6. The van der Waals surface area contributed by atoms with Crippen LogP contribution in [0.15, 0.2) is 24.3 Å². The van der Waals surface area contributed by atoms with Crippen molar-refractivity contribution in [2.24, 2.45) is 5.73 Å². The zero-order chi connectivity index (χ0) is 12.4. The lowest BCUT2D eigenvalue weighted by Gasteiger charge is -2.38. The smallest absolute Gasteiger partial charge is 0.0593 e. The second-order valence-corrected chi connectivity index (χ2v) is 5.33. The van der Waals surface area contributed by atoms with E-state index >= 15 is 0 Å². The second kappa shape index (κ2) is 5.39. The maximum atomic E-state index is 6.49. The number of hydrogen-bond donors (Lipinski definition) is 1. The average Bonchev–Trinajstić information content (AvgIpc) is 2.68. The first-order valence-electron chi connectivity index (χ1n) is 7.01. The highest BCUT2D eigenvalue weighted by Gasteiger charge is 2.31. The van der Waals surface area contributed by atoms with Crippen molar-refractivity contribution in [1.82, 2.24) is 4.90 Å². The van der Waals surface area contributed by atoms with Crippen LogP contribution in [0.3, 0.4) is 0 Å². The zero-order valence-electron chi connectivity index (χ0n) is 10.8. The van der Waals surface area contributed by atoms with Crippen LogP contribution in [0.4, 0.5) is 0 Å². The molecule has 1 aliphatic heterocycles. The van der Waals surface area contributed by atoms with E-state index in [4.69, 9.17) is 10.5 Å². The summed E-state index contributed by atoms with van der Waals surface area (Å²) in [6, 6.07) is 9.28. The molecule has 0 saturated carbocycles. The van der Waals surface area contributed by atoms with Crippen molar-refractivity contribution >= 4 is 0 Å². The maximum absolute atomic E-state index is 6.49. The molecule has 1 fully saturated rings. The van der Waals surface area contributed by atoms with E-state index in [1.807, 2.05) is 0 Å². The third kappa shape index (κ3) is 2.30. The van der Waals surface area contributed by atoms with E-state index in [1.54, 1.807) is 0 Å². The monoisotopic (exact) mass is 246 g/mol. The van der Waals surface area contributed by atoms with Crippen LogP contribution in [-0.4, -0.2) is 37.2 Å². The lowest BCUT2D eigenvalue weighted by atomic mass is 9.83. The Bertz CT molecular complexity index is 399. The molecule has 3 rings (SSSR count). The minimum absolute atomic E-state index is 0.160. The number of aryl methyl sites for hydroxylation is 1. The molecular formula is C15H22N2O. The number of ether oxygens (including phenoxy) is 1. The summed E-state index contributed by atoms with van der Waals surface area (Å²) in [5.74, 6) is 0. The molecule has 98 valence electrons. The molecule has 2 atom stereocenters. The molecule has 0 bridgehead atoms. The van der Waals surface area contributed by atoms with Gasteiger partial charge in [0.1, 0.15) is 0 Å². The Morgan fingerprint density at radius 1 is 1.17 bits per heavy atom. The van der Waals surface area contributed by atoms with Crippen molar-refractivity contribution in [2.75, 3.05) is 26.3 Å². The van der Waals surface area contributed by atoms with Crippen molar-refractivity contribution < 1.29 is 4.74 Å². The predicted octanol–water partition coefficient (Wildman–Crippen LogP) is 1.72. The van der Waals surface area contributed by atoms with E-state index in [2.05, 4.69) is 29.2 Å². The van der Waals surface area contributed by atoms with Crippen LogP contribution in [0.1, 0.15) is 30.0 Å². The van der Waals surface area contributed by atoms with E-state index in [1.165, 1.54) is 17.5 Å². The van der Waals surface area contributed by atoms with Crippen molar-refractivity contribution in [3.63, 3.8) is 0 Å². The van der Waals surface area contributed by atoms with Crippen LogP contribution in [0.2, 0.25) is 0 Å². The summed E-state index contributed by atoms with van der Waals surface area (Å²) in [5.41, 5.74) is 9.27. The molecule has 0 spiro atoms. The van der Waals surface area contributed by atoms with Gasteiger partial charge in [-0.2, -0.15) is 0 Å². The van der Waals surface area contributed by atoms with Crippen LogP contribution in [-0.2, 0) is 11.2 Å². The molecule has 0 amide bonds. The van der Waals surface area contributed by atoms with Crippen LogP contribution in [0, 0.1) is 0 Å². The van der Waals surface area contributed by atoms with E-state index in [0.717, 1.165) is 39.1 Å². The first-order valence-corrected chi connectivity index (χ1v) is 7.01. The number of rotatable bonds is 1. The lowest BCUT2D eigenvalue weighted by Crippen LogP contribution is -2.46. The Morgan fingerprint density at radius 3 is 3.00 bits per heavy atom. The van der Waals surface area contributed by atoms with Gasteiger partial charge in [-0.05, 0) is 30.4 Å². The van der Waals surface area contributed by atoms with Gasteiger partial charge in [-0.1, -0.05) is 24.3 Å². The van der Waals surface area contributed by atoms with Crippen LogP contribution in [0.25, 0.3) is 0 Å². The number of nitrogens with zero attached hydrogens (tertiary/aromatic N) is 1. The number of benzene rings is 1. The number of fused-ring (bicyclic) bond motifs is 1. The summed E-state index contributed by atoms with van der Waals surface area (Å²) >= 11 is 0. The van der Waals surface area contributed by atoms with Gasteiger partial charge in [-0.3, -0.25) is 4.90 Å². The topological polar surface area (TPSA) is 38.5 Å². The molecule has 1 saturated heterocycles. The highest BCUT2D eigenvalue weighted by Crippen LogP contribution is 2.31. The van der Waals surface area contributed by atoms with E-state index in [0.29, 0.717) is 6.04 Å². The molecule has 2 N–H and O–H groups in total. The molecule has 3 nitrogen and oxygen atoms in total. The summed E-state index contributed by atoms with van der Waals surface area (Å²) in [5, 5.41) is 0. The summed E-state index contributed by atoms with van der Waals surface area (Å²) < 4.78 is 5.54. The number of hydrogen-bond acceptors (Lipinski definition) is 3. The number of nitrogens with two attached hydrogens (primary N) is 1. The first-order chi connectivity index (χ1) is 8.86. The third-order valence-electron chi connectivity index (χ3n) is 4.26. The molecule has 18 heavy (non-hydrogen) atoms. The Morgan fingerprint density at radius 2 is 2.06 bits per heavy atom. The molecule has 2 unspecified atom stereocenters. The molecule has 1 aromatic carbocycles. The van der Waals surface area contributed by atoms with Crippen molar-refractivity contribution in [3.05, 3.63) is 35.4 Å². The molecule has 0 radical (unpaired) electrons. The van der Waals surface area contributed by atoms with Crippen LogP contribution < -0.4 is 5.73 Å². The molecule has 2 aliphatic rings. The lowest BCUT2D eigenvalue weighted by molar-refractivity contribution is 0.120. The molecule has 3 heteroatoms. The highest BCUT2D eigenvalue weighted by atomic mass is 16.5. The van der Waals surface area contributed by atoms with Crippen molar-refractivity contribution in [3.8, 4) is 0 Å². The Balaban J connectivity index is 1.78. The van der Waals surface area contributed by atoms with Gasteiger partial charge in [0.05, 0.1) is 6.61 Å². The fourth-order valence-electron chi connectivity index (χ4n) is 3.28. The van der Waals surface area contributed by atoms with Crippen molar-refractivity contribution in [1.29, 1.82) is 0 Å². The minimum Gasteiger partial charge on any atom is -0.380 e. The first kappa shape index (κ1) is 12.2. The van der Waals surface area contributed by atoms with Gasteiger partial charge in [0.15, 0.2) is 0 Å². The van der Waals surface area contributed by atoms with Crippen molar-refractivity contribution in [2.45, 2.75) is 31.3 Å². The highest BCUT2D eigenvalue weighted by molar-refractivity contribution is 5.33. The van der Waals surface area contributed by atoms with Gasteiger partial charge in [0.2, 0.25) is 0 Å². The Kier molecular flexibility index (Phi) is 3.64. The summed E-state index contributed by atoms with van der Waals surface area (Å²) in [7, 11) is 0. The molecule has 1 aliphatic carbocycles.